The second kappa shape index (κ2) is 4.26. The molecule has 0 fully saturated rings. The highest BCUT2D eigenvalue weighted by Crippen LogP contribution is 2.21. The lowest BCUT2D eigenvalue weighted by Gasteiger charge is -2.13. The average Bonchev–Trinajstić information content (AvgIpc) is 2.14. The van der Waals surface area contributed by atoms with Crippen LogP contribution in [0.15, 0.2) is 23.1 Å². The fraction of sp³-hybridized carbons (Fsp3) is 0.333. The average molecular weight is 233 g/mol. The second-order valence-corrected chi connectivity index (χ2v) is 5.23. The van der Waals surface area contributed by atoms with Crippen LogP contribution in [0.3, 0.4) is 0 Å². The van der Waals surface area contributed by atoms with Crippen LogP contribution in [0.2, 0.25) is 0 Å². The molecule has 1 rings (SSSR count). The molecule has 0 aliphatic heterocycles. The summed E-state index contributed by atoms with van der Waals surface area (Å²) in [5.41, 5.74) is 5.58. The zero-order valence-electron chi connectivity index (χ0n) is 8.14. The van der Waals surface area contributed by atoms with Gasteiger partial charge in [-0.15, -0.1) is 0 Å². The highest BCUT2D eigenvalue weighted by molar-refractivity contribution is 7.90. The van der Waals surface area contributed by atoms with Crippen molar-refractivity contribution in [3.8, 4) is 0 Å². The molecule has 1 aromatic rings. The van der Waals surface area contributed by atoms with E-state index in [0.29, 0.717) is 0 Å². The van der Waals surface area contributed by atoms with E-state index in [9.17, 15) is 12.8 Å². The van der Waals surface area contributed by atoms with Gasteiger partial charge < -0.3 is 10.8 Å². The van der Waals surface area contributed by atoms with Crippen molar-refractivity contribution in [2.24, 2.45) is 5.73 Å². The topological polar surface area (TPSA) is 80.4 Å². The third-order valence-electron chi connectivity index (χ3n) is 1.97. The van der Waals surface area contributed by atoms with E-state index in [2.05, 4.69) is 0 Å². The van der Waals surface area contributed by atoms with Crippen molar-refractivity contribution in [3.63, 3.8) is 0 Å². The van der Waals surface area contributed by atoms with Crippen molar-refractivity contribution in [1.82, 2.24) is 0 Å². The summed E-state index contributed by atoms with van der Waals surface area (Å²) in [6.45, 7) is -0.439. The number of aliphatic hydroxyl groups excluding tert-OH is 1. The number of hydrogen-bond acceptors (Lipinski definition) is 4. The molecular formula is C9H12FNO3S. The van der Waals surface area contributed by atoms with Gasteiger partial charge in [0.2, 0.25) is 0 Å². The van der Waals surface area contributed by atoms with Gasteiger partial charge in [-0.25, -0.2) is 12.8 Å². The maximum absolute atomic E-state index is 12.9. The number of halogens is 1. The maximum Gasteiger partial charge on any atom is 0.175 e. The first kappa shape index (κ1) is 12.1. The standard InChI is InChI=1S/C9H12FNO3S/c1-15(13,14)9-3-2-6(10)4-7(9)8(11)5-12/h2-4,8,12H,5,11H2,1H3/t8-/m1/s1. The van der Waals surface area contributed by atoms with Crippen LogP contribution in [0.25, 0.3) is 0 Å². The summed E-state index contributed by atoms with van der Waals surface area (Å²) in [5.74, 6) is -0.582. The van der Waals surface area contributed by atoms with Crippen molar-refractivity contribution in [3.05, 3.63) is 29.6 Å². The Morgan fingerprint density at radius 3 is 2.60 bits per heavy atom. The number of nitrogens with two attached hydrogens (primary N) is 1. The minimum absolute atomic E-state index is 0.0505. The Morgan fingerprint density at radius 2 is 2.13 bits per heavy atom. The molecule has 4 nitrogen and oxygen atoms in total. The summed E-state index contributed by atoms with van der Waals surface area (Å²) in [7, 11) is -3.46. The van der Waals surface area contributed by atoms with Crippen LogP contribution in [-0.2, 0) is 9.84 Å². The lowest BCUT2D eigenvalue weighted by molar-refractivity contribution is 0.266. The molecule has 0 unspecified atom stereocenters. The fourth-order valence-corrected chi connectivity index (χ4v) is 2.20. The van der Waals surface area contributed by atoms with Crippen LogP contribution >= 0.6 is 0 Å². The van der Waals surface area contributed by atoms with Gasteiger partial charge in [-0.05, 0) is 23.8 Å². The van der Waals surface area contributed by atoms with Crippen molar-refractivity contribution in [1.29, 1.82) is 0 Å². The Morgan fingerprint density at radius 1 is 1.53 bits per heavy atom. The Balaban J connectivity index is 3.40. The van der Waals surface area contributed by atoms with Gasteiger partial charge in [-0.3, -0.25) is 0 Å². The minimum Gasteiger partial charge on any atom is -0.394 e. The monoisotopic (exact) mass is 233 g/mol. The van der Waals surface area contributed by atoms with Crippen molar-refractivity contribution >= 4 is 9.84 Å². The summed E-state index contributed by atoms with van der Waals surface area (Å²) in [6, 6.07) is 2.32. The Labute approximate surface area is 87.5 Å². The summed E-state index contributed by atoms with van der Waals surface area (Å²) in [6.07, 6.45) is 1.01. The van der Waals surface area contributed by atoms with E-state index in [1.807, 2.05) is 0 Å². The van der Waals surface area contributed by atoms with E-state index in [1.165, 1.54) is 0 Å². The molecule has 1 aromatic carbocycles. The Hall–Kier alpha value is -0.980. The van der Waals surface area contributed by atoms with Gasteiger partial charge in [0, 0.05) is 6.26 Å². The largest absolute Gasteiger partial charge is 0.394 e. The van der Waals surface area contributed by atoms with Crippen LogP contribution in [0.1, 0.15) is 11.6 Å². The molecule has 0 aliphatic rings. The van der Waals surface area contributed by atoms with Crippen LogP contribution in [0, 0.1) is 5.82 Å². The van der Waals surface area contributed by atoms with Crippen LogP contribution < -0.4 is 5.73 Å². The molecular weight excluding hydrogens is 221 g/mol. The van der Waals surface area contributed by atoms with Crippen LogP contribution in [0.4, 0.5) is 4.39 Å². The third kappa shape index (κ3) is 2.74. The van der Waals surface area contributed by atoms with Gasteiger partial charge in [0.1, 0.15) is 5.82 Å². The minimum atomic E-state index is -3.46. The molecule has 0 radical (unpaired) electrons. The van der Waals surface area contributed by atoms with E-state index < -0.39 is 28.3 Å². The van der Waals surface area contributed by atoms with Crippen molar-refractivity contribution < 1.29 is 17.9 Å². The predicted octanol–water partition coefficient (Wildman–Crippen LogP) is 0.221. The molecule has 6 heteroatoms. The number of rotatable bonds is 3. The van der Waals surface area contributed by atoms with Crippen molar-refractivity contribution in [2.75, 3.05) is 12.9 Å². The molecule has 84 valence electrons. The first-order valence-electron chi connectivity index (χ1n) is 4.22. The lowest BCUT2D eigenvalue weighted by atomic mass is 10.1. The van der Waals surface area contributed by atoms with E-state index in [4.69, 9.17) is 10.8 Å². The molecule has 0 spiro atoms. The molecule has 15 heavy (non-hydrogen) atoms. The molecule has 0 heterocycles. The fourth-order valence-electron chi connectivity index (χ4n) is 1.25. The molecule has 0 saturated carbocycles. The molecule has 1 atom stereocenters. The van der Waals surface area contributed by atoms with Gasteiger partial charge in [0.15, 0.2) is 9.84 Å². The van der Waals surface area contributed by atoms with Gasteiger partial charge in [-0.2, -0.15) is 0 Å². The van der Waals surface area contributed by atoms with Gasteiger partial charge in [0.25, 0.3) is 0 Å². The summed E-state index contributed by atoms with van der Waals surface area (Å²) in [5, 5.41) is 8.83. The SMILES string of the molecule is CS(=O)(=O)c1ccc(F)cc1[C@H](N)CO. The van der Waals surface area contributed by atoms with Gasteiger partial charge in [0.05, 0.1) is 17.5 Å². The molecule has 0 aromatic heterocycles. The molecule has 3 N–H and O–H groups in total. The maximum atomic E-state index is 12.9. The van der Waals surface area contributed by atoms with Gasteiger partial charge >= 0.3 is 0 Å². The van der Waals surface area contributed by atoms with Crippen molar-refractivity contribution in [2.45, 2.75) is 10.9 Å². The van der Waals surface area contributed by atoms with E-state index >= 15 is 0 Å². The van der Waals surface area contributed by atoms with Crippen LogP contribution in [-0.4, -0.2) is 26.4 Å². The summed E-state index contributed by atoms with van der Waals surface area (Å²) < 4.78 is 35.6. The molecule has 0 bridgehead atoms. The Kier molecular flexibility index (Phi) is 3.43. The van der Waals surface area contributed by atoms with E-state index in [0.717, 1.165) is 24.5 Å². The summed E-state index contributed by atoms with van der Waals surface area (Å²) >= 11 is 0. The number of benzene rings is 1. The molecule has 0 saturated heterocycles. The lowest BCUT2D eigenvalue weighted by Crippen LogP contribution is -2.18. The zero-order chi connectivity index (χ0) is 11.6. The first-order valence-corrected chi connectivity index (χ1v) is 6.11. The highest BCUT2D eigenvalue weighted by atomic mass is 32.2. The zero-order valence-corrected chi connectivity index (χ0v) is 8.96. The predicted molar refractivity (Wildman–Crippen MR) is 53.5 cm³/mol. The van der Waals surface area contributed by atoms with Gasteiger partial charge in [-0.1, -0.05) is 0 Å². The number of hydrogen-bond donors (Lipinski definition) is 2. The van der Waals surface area contributed by atoms with Crippen LogP contribution in [0.5, 0.6) is 0 Å². The molecule has 0 amide bonds. The normalized spacial score (nSPS) is 13.9. The van der Waals surface area contributed by atoms with E-state index in [-0.39, 0.29) is 10.5 Å². The number of sulfone groups is 1. The second-order valence-electron chi connectivity index (χ2n) is 3.24. The number of aliphatic hydroxyl groups is 1. The quantitative estimate of drug-likeness (QED) is 0.732. The Bertz CT molecular complexity index is 458. The summed E-state index contributed by atoms with van der Waals surface area (Å²) in [4.78, 5) is -0.0505. The first-order chi connectivity index (χ1) is 6.86. The third-order valence-corrected chi connectivity index (χ3v) is 3.14. The smallest absolute Gasteiger partial charge is 0.175 e. The van der Waals surface area contributed by atoms with E-state index in [1.54, 1.807) is 0 Å². The highest BCUT2D eigenvalue weighted by Gasteiger charge is 2.18. The molecule has 0 aliphatic carbocycles.